The van der Waals surface area contributed by atoms with Gasteiger partial charge in [-0.2, -0.15) is 0 Å². The molecule has 2 N–H and O–H groups in total. The third-order valence-corrected chi connectivity index (χ3v) is 7.71. The van der Waals surface area contributed by atoms with E-state index in [4.69, 9.17) is 0 Å². The Balaban J connectivity index is 1.07. The highest BCUT2D eigenvalue weighted by molar-refractivity contribution is 5.79. The number of aryl methyl sites for hydroxylation is 2. The van der Waals surface area contributed by atoms with Crippen molar-refractivity contribution in [1.29, 1.82) is 0 Å². The van der Waals surface area contributed by atoms with E-state index in [0.29, 0.717) is 18.1 Å². The zero-order valence-electron chi connectivity index (χ0n) is 20.0. The maximum atomic E-state index is 4.50. The number of piperidine rings is 1. The SMILES string of the molecule is CN=C(NCCCc1nnc2n1CCCCC2)NC1CC2CCC(C1)N2Cc1ccccc1. The van der Waals surface area contributed by atoms with Crippen LogP contribution in [0, 0.1) is 0 Å². The summed E-state index contributed by atoms with van der Waals surface area (Å²) < 4.78 is 2.36. The lowest BCUT2D eigenvalue weighted by Gasteiger charge is -2.39. The number of rotatable bonds is 7. The normalized spacial score (nSPS) is 25.5. The first-order valence-corrected chi connectivity index (χ1v) is 13.0. The first kappa shape index (κ1) is 22.4. The van der Waals surface area contributed by atoms with E-state index in [2.05, 4.69) is 65.6 Å². The number of benzene rings is 1. The summed E-state index contributed by atoms with van der Waals surface area (Å²) in [6, 6.07) is 12.8. The van der Waals surface area contributed by atoms with Crippen molar-refractivity contribution >= 4 is 5.96 Å². The Hall–Kier alpha value is -2.41. The highest BCUT2D eigenvalue weighted by Crippen LogP contribution is 2.36. The van der Waals surface area contributed by atoms with Crippen molar-refractivity contribution in [3.8, 4) is 0 Å². The summed E-state index contributed by atoms with van der Waals surface area (Å²) in [4.78, 5) is 7.25. The van der Waals surface area contributed by atoms with Crippen molar-refractivity contribution < 1.29 is 0 Å². The average molecular weight is 450 g/mol. The lowest BCUT2D eigenvalue weighted by molar-refractivity contribution is 0.114. The molecule has 2 aromatic rings. The van der Waals surface area contributed by atoms with Gasteiger partial charge in [-0.1, -0.05) is 36.8 Å². The summed E-state index contributed by atoms with van der Waals surface area (Å²) >= 11 is 0. The number of hydrogen-bond donors (Lipinski definition) is 2. The third kappa shape index (κ3) is 5.40. The Kier molecular flexibility index (Phi) is 7.24. The Morgan fingerprint density at radius 1 is 1.06 bits per heavy atom. The number of aromatic nitrogens is 3. The number of nitrogens with zero attached hydrogens (tertiary/aromatic N) is 5. The van der Waals surface area contributed by atoms with Gasteiger partial charge in [0.05, 0.1) is 0 Å². The molecule has 1 aromatic heterocycles. The van der Waals surface area contributed by atoms with Gasteiger partial charge in [0, 0.05) is 57.6 Å². The average Bonchev–Trinajstić information content (AvgIpc) is 3.20. The van der Waals surface area contributed by atoms with Crippen molar-refractivity contribution in [3.63, 3.8) is 0 Å². The molecule has 0 radical (unpaired) electrons. The van der Waals surface area contributed by atoms with Gasteiger partial charge in [0.15, 0.2) is 5.96 Å². The molecule has 0 spiro atoms. The van der Waals surface area contributed by atoms with Crippen LogP contribution in [0.25, 0.3) is 0 Å². The minimum atomic E-state index is 0.507. The van der Waals surface area contributed by atoms with Gasteiger partial charge in [-0.3, -0.25) is 9.89 Å². The minimum absolute atomic E-state index is 0.507. The van der Waals surface area contributed by atoms with E-state index in [1.54, 1.807) is 0 Å². The molecule has 33 heavy (non-hydrogen) atoms. The van der Waals surface area contributed by atoms with Gasteiger partial charge in [-0.15, -0.1) is 10.2 Å². The van der Waals surface area contributed by atoms with E-state index < -0.39 is 0 Å². The van der Waals surface area contributed by atoms with E-state index in [1.165, 1.54) is 56.3 Å². The Morgan fingerprint density at radius 2 is 1.88 bits per heavy atom. The van der Waals surface area contributed by atoms with Crippen molar-refractivity contribution in [3.05, 3.63) is 47.5 Å². The molecule has 2 unspecified atom stereocenters. The predicted molar refractivity (Wildman–Crippen MR) is 132 cm³/mol. The molecule has 7 heteroatoms. The summed E-state index contributed by atoms with van der Waals surface area (Å²) in [6.07, 6.45) is 11.9. The number of guanidine groups is 1. The molecule has 0 aliphatic carbocycles. The number of hydrogen-bond acceptors (Lipinski definition) is 4. The summed E-state index contributed by atoms with van der Waals surface area (Å²) in [5, 5.41) is 16.2. The molecule has 5 rings (SSSR count). The fourth-order valence-corrected chi connectivity index (χ4v) is 6.02. The summed E-state index contributed by atoms with van der Waals surface area (Å²) in [5.41, 5.74) is 1.43. The smallest absolute Gasteiger partial charge is 0.191 e. The fourth-order valence-electron chi connectivity index (χ4n) is 6.02. The lowest BCUT2D eigenvalue weighted by atomic mass is 9.96. The van der Waals surface area contributed by atoms with Crippen LogP contribution >= 0.6 is 0 Å². The van der Waals surface area contributed by atoms with Crippen LogP contribution in [-0.2, 0) is 25.9 Å². The van der Waals surface area contributed by atoms with Crippen LogP contribution in [-0.4, -0.2) is 57.3 Å². The quantitative estimate of drug-likeness (QED) is 0.386. The lowest BCUT2D eigenvalue weighted by Crippen LogP contribution is -2.52. The second kappa shape index (κ2) is 10.7. The molecule has 178 valence electrons. The molecule has 0 saturated carbocycles. The molecule has 2 saturated heterocycles. The maximum absolute atomic E-state index is 4.50. The first-order valence-electron chi connectivity index (χ1n) is 13.0. The van der Waals surface area contributed by atoms with Gasteiger partial charge in [-0.05, 0) is 50.5 Å². The Labute approximate surface area is 198 Å². The van der Waals surface area contributed by atoms with Gasteiger partial charge >= 0.3 is 0 Å². The van der Waals surface area contributed by atoms with Crippen molar-refractivity contribution in [2.24, 2.45) is 4.99 Å². The van der Waals surface area contributed by atoms with E-state index >= 15 is 0 Å². The standard InChI is InChI=1S/C26H39N7/c1-27-26(28-15-8-12-25-31-30-24-11-6-3-7-16-32(24)25)29-21-17-22-13-14-23(18-21)33(22)19-20-9-4-2-5-10-20/h2,4-5,9-10,21-23H,3,6-8,11-19H2,1H3,(H2,27,28,29). The summed E-state index contributed by atoms with van der Waals surface area (Å²) in [7, 11) is 1.88. The largest absolute Gasteiger partial charge is 0.356 e. The minimum Gasteiger partial charge on any atom is -0.356 e. The summed E-state index contributed by atoms with van der Waals surface area (Å²) in [6.45, 7) is 3.07. The highest BCUT2D eigenvalue weighted by atomic mass is 15.3. The summed E-state index contributed by atoms with van der Waals surface area (Å²) in [5.74, 6) is 3.27. The zero-order chi connectivity index (χ0) is 22.5. The van der Waals surface area contributed by atoms with E-state index in [-0.39, 0.29) is 0 Å². The molecule has 4 heterocycles. The molecule has 2 bridgehead atoms. The molecule has 3 aliphatic rings. The second-order valence-corrected chi connectivity index (χ2v) is 9.95. The van der Waals surface area contributed by atoms with E-state index in [0.717, 1.165) is 50.7 Å². The number of aliphatic imine (C=N–C) groups is 1. The van der Waals surface area contributed by atoms with Gasteiger partial charge in [0.2, 0.25) is 0 Å². The van der Waals surface area contributed by atoms with Gasteiger partial charge in [0.25, 0.3) is 0 Å². The fraction of sp³-hybridized carbons (Fsp3) is 0.654. The molecular formula is C26H39N7. The molecule has 7 nitrogen and oxygen atoms in total. The number of nitrogens with one attached hydrogen (secondary N) is 2. The molecule has 0 amide bonds. The maximum Gasteiger partial charge on any atom is 0.191 e. The van der Waals surface area contributed by atoms with Crippen LogP contribution in [0.3, 0.4) is 0 Å². The highest BCUT2D eigenvalue weighted by Gasteiger charge is 2.40. The predicted octanol–water partition coefficient (Wildman–Crippen LogP) is 3.30. The van der Waals surface area contributed by atoms with Crippen LogP contribution in [0.4, 0.5) is 0 Å². The topological polar surface area (TPSA) is 70.4 Å². The molecular weight excluding hydrogens is 410 g/mol. The van der Waals surface area contributed by atoms with Crippen molar-refractivity contribution in [2.45, 2.75) is 95.4 Å². The van der Waals surface area contributed by atoms with E-state index in [9.17, 15) is 0 Å². The van der Waals surface area contributed by atoms with Crippen LogP contribution in [0.2, 0.25) is 0 Å². The van der Waals surface area contributed by atoms with Gasteiger partial charge < -0.3 is 15.2 Å². The monoisotopic (exact) mass is 449 g/mol. The Bertz CT molecular complexity index is 908. The van der Waals surface area contributed by atoms with Crippen molar-refractivity contribution in [1.82, 2.24) is 30.3 Å². The molecule has 3 aliphatic heterocycles. The first-order chi connectivity index (χ1) is 16.3. The van der Waals surface area contributed by atoms with Crippen molar-refractivity contribution in [2.75, 3.05) is 13.6 Å². The van der Waals surface area contributed by atoms with Crippen LogP contribution in [0.5, 0.6) is 0 Å². The van der Waals surface area contributed by atoms with Gasteiger partial charge in [0.1, 0.15) is 11.6 Å². The van der Waals surface area contributed by atoms with Crippen LogP contribution in [0.15, 0.2) is 35.3 Å². The van der Waals surface area contributed by atoms with Crippen LogP contribution < -0.4 is 10.6 Å². The zero-order valence-corrected chi connectivity index (χ0v) is 20.0. The molecule has 2 fully saturated rings. The number of fused-ring (bicyclic) bond motifs is 3. The molecule has 1 aromatic carbocycles. The molecule has 2 atom stereocenters. The third-order valence-electron chi connectivity index (χ3n) is 7.71. The Morgan fingerprint density at radius 3 is 2.67 bits per heavy atom. The second-order valence-electron chi connectivity index (χ2n) is 9.95. The van der Waals surface area contributed by atoms with Crippen LogP contribution in [0.1, 0.15) is 68.6 Å². The van der Waals surface area contributed by atoms with Gasteiger partial charge in [-0.25, -0.2) is 0 Å². The van der Waals surface area contributed by atoms with E-state index in [1.807, 2.05) is 7.05 Å².